The van der Waals surface area contributed by atoms with Crippen molar-refractivity contribution in [3.63, 3.8) is 0 Å². The Morgan fingerprint density at radius 3 is 2.52 bits per heavy atom. The Labute approximate surface area is 153 Å². The number of hydrogen-bond donors (Lipinski definition) is 3. The SMILES string of the molecule is CCCC(CCO)CNC(=NCC1(Cc2ccccc2)CC1)NCC. The van der Waals surface area contributed by atoms with Crippen LogP contribution in [0.5, 0.6) is 0 Å². The predicted molar refractivity (Wildman–Crippen MR) is 106 cm³/mol. The highest BCUT2D eigenvalue weighted by atomic mass is 16.3. The number of aliphatic hydroxyl groups is 1. The molecule has 1 aromatic carbocycles. The smallest absolute Gasteiger partial charge is 0.191 e. The van der Waals surface area contributed by atoms with Crippen molar-refractivity contribution in [2.45, 2.75) is 52.4 Å². The first-order valence-corrected chi connectivity index (χ1v) is 9.88. The van der Waals surface area contributed by atoms with Gasteiger partial charge in [0.05, 0.1) is 0 Å². The van der Waals surface area contributed by atoms with Crippen molar-refractivity contribution in [3.8, 4) is 0 Å². The van der Waals surface area contributed by atoms with Crippen LogP contribution < -0.4 is 10.6 Å². The van der Waals surface area contributed by atoms with Crippen molar-refractivity contribution in [2.75, 3.05) is 26.2 Å². The molecule has 1 atom stereocenters. The number of aliphatic imine (C=N–C) groups is 1. The number of benzene rings is 1. The minimum absolute atomic E-state index is 0.264. The van der Waals surface area contributed by atoms with E-state index in [4.69, 9.17) is 4.99 Å². The molecule has 0 aromatic heterocycles. The number of nitrogens with one attached hydrogen (secondary N) is 2. The van der Waals surface area contributed by atoms with Gasteiger partial charge >= 0.3 is 0 Å². The average Bonchev–Trinajstić information content (AvgIpc) is 3.38. The normalized spacial score (nSPS) is 17.2. The van der Waals surface area contributed by atoms with E-state index in [1.54, 1.807) is 0 Å². The zero-order valence-corrected chi connectivity index (χ0v) is 15.9. The maximum absolute atomic E-state index is 9.22. The van der Waals surface area contributed by atoms with Crippen LogP contribution >= 0.6 is 0 Å². The number of nitrogens with zero attached hydrogens (tertiary/aromatic N) is 1. The Hall–Kier alpha value is -1.55. The molecular weight excluding hydrogens is 310 g/mol. The summed E-state index contributed by atoms with van der Waals surface area (Å²) in [6.07, 6.45) is 6.82. The molecule has 1 aliphatic carbocycles. The van der Waals surface area contributed by atoms with Crippen LogP contribution in [0.1, 0.15) is 51.5 Å². The van der Waals surface area contributed by atoms with Crippen molar-refractivity contribution in [1.29, 1.82) is 0 Å². The van der Waals surface area contributed by atoms with Crippen LogP contribution in [0.4, 0.5) is 0 Å². The van der Waals surface area contributed by atoms with Gasteiger partial charge in [-0.1, -0.05) is 43.7 Å². The number of hydrogen-bond acceptors (Lipinski definition) is 2. The molecule has 3 N–H and O–H groups in total. The Kier molecular flexibility index (Phi) is 8.26. The van der Waals surface area contributed by atoms with Crippen molar-refractivity contribution in [2.24, 2.45) is 16.3 Å². The minimum Gasteiger partial charge on any atom is -0.396 e. The van der Waals surface area contributed by atoms with Crippen LogP contribution in [-0.4, -0.2) is 37.3 Å². The first kappa shape index (κ1) is 19.8. The van der Waals surface area contributed by atoms with Gasteiger partial charge in [0.1, 0.15) is 0 Å². The predicted octanol–water partition coefficient (Wildman–Crippen LogP) is 3.36. The molecule has 0 aliphatic heterocycles. The molecule has 1 fully saturated rings. The zero-order chi connectivity index (χ0) is 18.0. The largest absolute Gasteiger partial charge is 0.396 e. The molecule has 0 radical (unpaired) electrons. The van der Waals surface area contributed by atoms with E-state index in [1.807, 2.05) is 0 Å². The summed E-state index contributed by atoms with van der Waals surface area (Å²) in [5.41, 5.74) is 1.77. The molecule has 1 aromatic rings. The summed E-state index contributed by atoms with van der Waals surface area (Å²) in [5.74, 6) is 1.43. The molecule has 0 saturated heterocycles. The standard InChI is InChI=1S/C21H35N3O/c1-3-8-19(11-14-25)16-23-20(22-4-2)24-17-21(12-13-21)15-18-9-6-5-7-10-18/h5-7,9-10,19,25H,3-4,8,11-17H2,1-2H3,(H2,22,23,24). The van der Waals surface area contributed by atoms with E-state index in [2.05, 4.69) is 54.8 Å². The van der Waals surface area contributed by atoms with Gasteiger partial charge in [0.25, 0.3) is 0 Å². The quantitative estimate of drug-likeness (QED) is 0.426. The summed E-state index contributed by atoms with van der Waals surface area (Å²) in [6, 6.07) is 10.8. The van der Waals surface area contributed by atoms with Crippen LogP contribution in [-0.2, 0) is 6.42 Å². The first-order chi connectivity index (χ1) is 12.2. The summed E-state index contributed by atoms with van der Waals surface area (Å²) < 4.78 is 0. The van der Waals surface area contributed by atoms with Crippen molar-refractivity contribution < 1.29 is 5.11 Å². The molecule has 0 spiro atoms. The highest BCUT2D eigenvalue weighted by Crippen LogP contribution is 2.48. The molecule has 0 heterocycles. The molecule has 25 heavy (non-hydrogen) atoms. The van der Waals surface area contributed by atoms with Gasteiger partial charge in [-0.05, 0) is 55.9 Å². The molecule has 0 amide bonds. The molecule has 1 aliphatic rings. The molecule has 4 nitrogen and oxygen atoms in total. The lowest BCUT2D eigenvalue weighted by atomic mass is 9.97. The minimum atomic E-state index is 0.264. The first-order valence-electron chi connectivity index (χ1n) is 9.88. The third kappa shape index (κ3) is 7.07. The second-order valence-corrected chi connectivity index (χ2v) is 7.41. The lowest BCUT2D eigenvalue weighted by molar-refractivity contribution is 0.251. The fourth-order valence-electron chi connectivity index (χ4n) is 3.37. The highest BCUT2D eigenvalue weighted by Gasteiger charge is 2.42. The van der Waals surface area contributed by atoms with Crippen LogP contribution in [0.15, 0.2) is 35.3 Å². The lowest BCUT2D eigenvalue weighted by Crippen LogP contribution is -2.40. The average molecular weight is 346 g/mol. The Balaban J connectivity index is 1.88. The number of guanidine groups is 1. The van der Waals surface area contributed by atoms with Gasteiger partial charge in [-0.3, -0.25) is 4.99 Å². The van der Waals surface area contributed by atoms with E-state index in [1.165, 1.54) is 18.4 Å². The topological polar surface area (TPSA) is 56.6 Å². The van der Waals surface area contributed by atoms with E-state index >= 15 is 0 Å². The van der Waals surface area contributed by atoms with Crippen LogP contribution in [0.3, 0.4) is 0 Å². The van der Waals surface area contributed by atoms with Crippen molar-refractivity contribution >= 4 is 5.96 Å². The summed E-state index contributed by atoms with van der Waals surface area (Å²) >= 11 is 0. The third-order valence-electron chi connectivity index (χ3n) is 5.09. The molecule has 0 bridgehead atoms. The monoisotopic (exact) mass is 345 g/mol. The fourth-order valence-corrected chi connectivity index (χ4v) is 3.37. The van der Waals surface area contributed by atoms with Gasteiger partial charge in [-0.25, -0.2) is 0 Å². The fraction of sp³-hybridized carbons (Fsp3) is 0.667. The molecule has 4 heteroatoms. The zero-order valence-electron chi connectivity index (χ0n) is 15.9. The van der Waals surface area contributed by atoms with Gasteiger partial charge in [0.2, 0.25) is 0 Å². The highest BCUT2D eigenvalue weighted by molar-refractivity contribution is 5.79. The van der Waals surface area contributed by atoms with E-state index in [0.717, 1.165) is 51.3 Å². The van der Waals surface area contributed by atoms with Gasteiger partial charge in [-0.15, -0.1) is 0 Å². The van der Waals surface area contributed by atoms with Crippen LogP contribution in [0.25, 0.3) is 0 Å². The third-order valence-corrected chi connectivity index (χ3v) is 5.09. The maximum Gasteiger partial charge on any atom is 0.191 e. The molecule has 140 valence electrons. The summed E-state index contributed by atoms with van der Waals surface area (Å²) in [6.45, 7) is 7.20. The Morgan fingerprint density at radius 1 is 1.16 bits per heavy atom. The van der Waals surface area contributed by atoms with Crippen LogP contribution in [0.2, 0.25) is 0 Å². The van der Waals surface area contributed by atoms with Crippen molar-refractivity contribution in [1.82, 2.24) is 10.6 Å². The second-order valence-electron chi connectivity index (χ2n) is 7.41. The summed E-state index contributed by atoms with van der Waals surface area (Å²) in [5, 5.41) is 16.1. The van der Waals surface area contributed by atoms with Gasteiger partial charge in [-0.2, -0.15) is 0 Å². The van der Waals surface area contributed by atoms with E-state index in [0.29, 0.717) is 11.3 Å². The van der Waals surface area contributed by atoms with E-state index in [-0.39, 0.29) is 6.61 Å². The molecular formula is C21H35N3O. The molecule has 2 rings (SSSR count). The van der Waals surface area contributed by atoms with E-state index < -0.39 is 0 Å². The Morgan fingerprint density at radius 2 is 1.92 bits per heavy atom. The Bertz CT molecular complexity index is 505. The number of aliphatic hydroxyl groups excluding tert-OH is 1. The van der Waals surface area contributed by atoms with E-state index in [9.17, 15) is 5.11 Å². The number of rotatable bonds is 11. The summed E-state index contributed by atoms with van der Waals surface area (Å²) in [7, 11) is 0. The summed E-state index contributed by atoms with van der Waals surface area (Å²) in [4.78, 5) is 4.87. The second kappa shape index (κ2) is 10.4. The van der Waals surface area contributed by atoms with Crippen LogP contribution in [0, 0.1) is 11.3 Å². The molecule has 1 unspecified atom stereocenters. The molecule has 1 saturated carbocycles. The maximum atomic E-state index is 9.22. The lowest BCUT2D eigenvalue weighted by Gasteiger charge is -2.19. The van der Waals surface area contributed by atoms with Gasteiger partial charge < -0.3 is 15.7 Å². The van der Waals surface area contributed by atoms with Crippen molar-refractivity contribution in [3.05, 3.63) is 35.9 Å². The van der Waals surface area contributed by atoms with Gasteiger partial charge in [0, 0.05) is 26.2 Å². The van der Waals surface area contributed by atoms with Gasteiger partial charge in [0.15, 0.2) is 5.96 Å².